The molecule has 2 aromatic rings. The minimum absolute atomic E-state index is 0.0150. The van der Waals surface area contributed by atoms with Gasteiger partial charge in [-0.1, -0.05) is 6.07 Å². The topological polar surface area (TPSA) is 80.5 Å². The van der Waals surface area contributed by atoms with Crippen LogP contribution in [0.1, 0.15) is 23.4 Å². The summed E-state index contributed by atoms with van der Waals surface area (Å²) < 4.78 is 7.59. The highest BCUT2D eigenvalue weighted by Gasteiger charge is 2.30. The van der Waals surface area contributed by atoms with Crippen LogP contribution in [0.4, 0.5) is 0 Å². The van der Waals surface area contributed by atoms with Crippen LogP contribution in [-0.2, 0) is 30.9 Å². The van der Waals surface area contributed by atoms with Gasteiger partial charge in [-0.3, -0.25) is 4.79 Å². The lowest BCUT2D eigenvalue weighted by Crippen LogP contribution is -2.40. The van der Waals surface area contributed by atoms with Crippen molar-refractivity contribution in [2.75, 3.05) is 13.2 Å². The summed E-state index contributed by atoms with van der Waals surface area (Å²) in [6, 6.07) is 5.64. The van der Waals surface area contributed by atoms with E-state index in [9.17, 15) is 9.90 Å². The lowest BCUT2D eigenvalue weighted by Gasteiger charge is -2.28. The fraction of sp³-hybridized carbons (Fsp3) is 0.471. The maximum absolute atomic E-state index is 13.0. The summed E-state index contributed by atoms with van der Waals surface area (Å²) >= 11 is 0. The summed E-state index contributed by atoms with van der Waals surface area (Å²) in [5.74, 6) is 1.82. The third-order valence-corrected chi connectivity index (χ3v) is 4.75. The number of carbonyl (C=O) groups excluding carboxylic acids is 1. The summed E-state index contributed by atoms with van der Waals surface area (Å²) in [4.78, 5) is 19.0. The maximum Gasteiger partial charge on any atom is 0.227 e. The van der Waals surface area contributed by atoms with Crippen LogP contribution in [0.5, 0.6) is 5.75 Å². The van der Waals surface area contributed by atoms with Crippen LogP contribution in [0.2, 0.25) is 0 Å². The number of aliphatic hydroxyl groups excluding tert-OH is 1. The van der Waals surface area contributed by atoms with Crippen LogP contribution in [-0.4, -0.2) is 43.8 Å². The second-order valence-corrected chi connectivity index (χ2v) is 6.30. The van der Waals surface area contributed by atoms with Crippen molar-refractivity contribution < 1.29 is 14.6 Å². The molecule has 1 N–H and O–H groups in total. The Morgan fingerprint density at radius 2 is 2.33 bits per heavy atom. The highest BCUT2D eigenvalue weighted by Crippen LogP contribution is 2.27. The fourth-order valence-corrected chi connectivity index (χ4v) is 3.43. The van der Waals surface area contributed by atoms with Crippen LogP contribution in [0.25, 0.3) is 0 Å². The van der Waals surface area contributed by atoms with Crippen molar-refractivity contribution in [1.82, 2.24) is 19.7 Å². The van der Waals surface area contributed by atoms with E-state index < -0.39 is 0 Å². The molecule has 126 valence electrons. The van der Waals surface area contributed by atoms with Gasteiger partial charge in [0.25, 0.3) is 0 Å². The van der Waals surface area contributed by atoms with Crippen molar-refractivity contribution in [3.05, 3.63) is 41.5 Å². The first kappa shape index (κ1) is 15.1. The number of aliphatic hydroxyl groups is 1. The first-order chi connectivity index (χ1) is 11.7. The molecule has 3 heterocycles. The molecule has 0 bridgehead atoms. The average Bonchev–Trinajstić information content (AvgIpc) is 2.98. The Kier molecular flexibility index (Phi) is 3.93. The van der Waals surface area contributed by atoms with Gasteiger partial charge in [-0.15, -0.1) is 0 Å². The quantitative estimate of drug-likeness (QED) is 0.880. The SMILES string of the molecule is O=C(C1CCc2ncnn2C1)N1CCOc2ccc(CO)cc2C1. The molecule has 1 unspecified atom stereocenters. The van der Waals surface area contributed by atoms with Crippen LogP contribution in [0.15, 0.2) is 24.5 Å². The number of fused-ring (bicyclic) bond motifs is 2. The zero-order valence-corrected chi connectivity index (χ0v) is 13.4. The monoisotopic (exact) mass is 328 g/mol. The molecule has 0 spiro atoms. The molecule has 0 radical (unpaired) electrons. The smallest absolute Gasteiger partial charge is 0.227 e. The summed E-state index contributed by atoms with van der Waals surface area (Å²) in [5.41, 5.74) is 1.78. The number of hydrogen-bond donors (Lipinski definition) is 1. The highest BCUT2D eigenvalue weighted by molar-refractivity contribution is 5.79. The molecule has 1 aromatic heterocycles. The van der Waals surface area contributed by atoms with Crippen LogP contribution in [0.3, 0.4) is 0 Å². The molecule has 0 saturated carbocycles. The molecule has 2 aliphatic heterocycles. The van der Waals surface area contributed by atoms with Crippen molar-refractivity contribution >= 4 is 5.91 Å². The minimum atomic E-state index is -0.0678. The molecule has 7 nitrogen and oxygen atoms in total. The lowest BCUT2D eigenvalue weighted by atomic mass is 9.97. The van der Waals surface area contributed by atoms with Gasteiger partial charge in [0.05, 0.1) is 25.6 Å². The van der Waals surface area contributed by atoms with E-state index in [4.69, 9.17) is 4.74 Å². The summed E-state index contributed by atoms with van der Waals surface area (Å²) in [7, 11) is 0. The van der Waals surface area contributed by atoms with Crippen molar-refractivity contribution in [3.63, 3.8) is 0 Å². The number of carbonyl (C=O) groups is 1. The number of benzene rings is 1. The highest BCUT2D eigenvalue weighted by atomic mass is 16.5. The first-order valence-corrected chi connectivity index (χ1v) is 8.25. The van der Waals surface area contributed by atoms with Crippen molar-refractivity contribution in [1.29, 1.82) is 0 Å². The molecular formula is C17H20N4O3. The van der Waals surface area contributed by atoms with E-state index >= 15 is 0 Å². The zero-order chi connectivity index (χ0) is 16.5. The largest absolute Gasteiger partial charge is 0.491 e. The third-order valence-electron chi connectivity index (χ3n) is 4.75. The van der Waals surface area contributed by atoms with Crippen molar-refractivity contribution in [3.8, 4) is 5.75 Å². The van der Waals surface area contributed by atoms with E-state index in [0.717, 1.165) is 35.5 Å². The van der Waals surface area contributed by atoms with Gasteiger partial charge in [-0.2, -0.15) is 5.10 Å². The number of hydrogen-bond acceptors (Lipinski definition) is 5. The number of aromatic nitrogens is 3. The third kappa shape index (κ3) is 2.75. The van der Waals surface area contributed by atoms with Gasteiger partial charge in [-0.05, 0) is 24.1 Å². The number of aryl methyl sites for hydroxylation is 1. The molecule has 2 aliphatic rings. The van der Waals surface area contributed by atoms with Crippen LogP contribution in [0, 0.1) is 5.92 Å². The molecule has 7 heteroatoms. The Hall–Kier alpha value is -2.41. The molecule has 0 saturated heterocycles. The van der Waals surface area contributed by atoms with Gasteiger partial charge in [0.15, 0.2) is 0 Å². The van der Waals surface area contributed by atoms with Crippen LogP contribution < -0.4 is 4.74 Å². The second-order valence-electron chi connectivity index (χ2n) is 6.30. The Labute approximate surface area is 139 Å². The molecule has 1 atom stereocenters. The van der Waals surface area contributed by atoms with Gasteiger partial charge in [0.2, 0.25) is 5.91 Å². The summed E-state index contributed by atoms with van der Waals surface area (Å²) in [6.07, 6.45) is 3.14. The molecule has 1 amide bonds. The van der Waals surface area contributed by atoms with Crippen molar-refractivity contribution in [2.45, 2.75) is 32.5 Å². The first-order valence-electron chi connectivity index (χ1n) is 8.25. The van der Waals surface area contributed by atoms with Gasteiger partial charge in [-0.25, -0.2) is 9.67 Å². The van der Waals surface area contributed by atoms with E-state index in [-0.39, 0.29) is 18.4 Å². The number of nitrogens with zero attached hydrogens (tertiary/aromatic N) is 4. The van der Waals surface area contributed by atoms with E-state index in [2.05, 4.69) is 10.1 Å². The predicted octanol–water partition coefficient (Wildman–Crippen LogP) is 0.754. The van der Waals surface area contributed by atoms with Gasteiger partial charge < -0.3 is 14.7 Å². The summed E-state index contributed by atoms with van der Waals surface area (Å²) in [5, 5.41) is 13.5. The number of amides is 1. The van der Waals surface area contributed by atoms with E-state index in [1.54, 1.807) is 6.33 Å². The molecule has 0 aliphatic carbocycles. The van der Waals surface area contributed by atoms with E-state index in [1.165, 1.54) is 0 Å². The Balaban J connectivity index is 1.52. The lowest BCUT2D eigenvalue weighted by molar-refractivity contribution is -0.137. The molecule has 24 heavy (non-hydrogen) atoms. The average molecular weight is 328 g/mol. The zero-order valence-electron chi connectivity index (χ0n) is 13.4. The molecule has 4 rings (SSSR count). The van der Waals surface area contributed by atoms with Gasteiger partial charge >= 0.3 is 0 Å². The molecule has 1 aromatic carbocycles. The second kappa shape index (κ2) is 6.24. The van der Waals surface area contributed by atoms with E-state index in [0.29, 0.717) is 26.2 Å². The van der Waals surface area contributed by atoms with Gasteiger partial charge in [0, 0.05) is 18.5 Å². The van der Waals surface area contributed by atoms with E-state index in [1.807, 2.05) is 27.8 Å². The molecule has 0 fully saturated rings. The predicted molar refractivity (Wildman–Crippen MR) is 85.1 cm³/mol. The maximum atomic E-state index is 13.0. The normalized spacial score (nSPS) is 19.9. The fourth-order valence-electron chi connectivity index (χ4n) is 3.43. The Morgan fingerprint density at radius 3 is 3.21 bits per heavy atom. The standard InChI is InChI=1S/C17H20N4O3/c22-10-12-1-3-15-14(7-12)8-20(5-6-24-15)17(23)13-2-4-16-18-11-19-21(16)9-13/h1,3,7,11,13,22H,2,4-6,8-10H2. The number of rotatable bonds is 2. The van der Waals surface area contributed by atoms with Crippen LogP contribution >= 0.6 is 0 Å². The molecular weight excluding hydrogens is 308 g/mol. The van der Waals surface area contributed by atoms with Crippen molar-refractivity contribution in [2.24, 2.45) is 5.92 Å². The Bertz CT molecular complexity index is 758. The van der Waals surface area contributed by atoms with Gasteiger partial charge in [0.1, 0.15) is 24.5 Å². The summed E-state index contributed by atoms with van der Waals surface area (Å²) in [6.45, 7) is 2.15. The minimum Gasteiger partial charge on any atom is -0.491 e. The number of ether oxygens (including phenoxy) is 1. The Morgan fingerprint density at radius 1 is 1.42 bits per heavy atom.